The highest BCUT2D eigenvalue weighted by Gasteiger charge is 2.19. The van der Waals surface area contributed by atoms with Crippen LogP contribution in [0.2, 0.25) is 0 Å². The van der Waals surface area contributed by atoms with E-state index in [4.69, 9.17) is 0 Å². The number of anilines is 3. The van der Waals surface area contributed by atoms with Gasteiger partial charge in [-0.1, -0.05) is 72.8 Å². The van der Waals surface area contributed by atoms with Crippen molar-refractivity contribution >= 4 is 17.1 Å². The maximum absolute atomic E-state index is 3.84. The summed E-state index contributed by atoms with van der Waals surface area (Å²) in [7, 11) is 0. The zero-order valence-corrected chi connectivity index (χ0v) is 28.9. The summed E-state index contributed by atoms with van der Waals surface area (Å²) in [4.78, 5) is 7.38. The lowest BCUT2D eigenvalue weighted by molar-refractivity contribution is 0.831. The van der Waals surface area contributed by atoms with Crippen molar-refractivity contribution in [1.29, 1.82) is 0 Å². The number of hydrogen-bond acceptors (Lipinski definition) is 3. The Morgan fingerprint density at radius 2 is 0.957 bits per heavy atom. The Hall–Kier alpha value is -4.50. The Morgan fingerprint density at radius 1 is 0.500 bits per heavy atom. The molecule has 5 aromatic carbocycles. The van der Waals surface area contributed by atoms with Gasteiger partial charge in [-0.25, -0.2) is 0 Å². The van der Waals surface area contributed by atoms with Gasteiger partial charge in [-0.3, -0.25) is 0 Å². The van der Waals surface area contributed by atoms with E-state index in [0.717, 1.165) is 44.8 Å². The first kappa shape index (κ1) is 32.9. The van der Waals surface area contributed by atoms with E-state index < -0.39 is 0 Å². The lowest BCUT2D eigenvalue weighted by Gasteiger charge is -2.29. The molecular formula is C43H50N3. The van der Waals surface area contributed by atoms with Crippen LogP contribution in [0.1, 0.15) is 55.5 Å². The van der Waals surface area contributed by atoms with E-state index in [-0.39, 0.29) is 0 Å². The molecule has 5 aromatic rings. The third kappa shape index (κ3) is 7.31. The summed E-state index contributed by atoms with van der Waals surface area (Å²) in [6.07, 6.45) is 0. The van der Waals surface area contributed by atoms with Crippen LogP contribution < -0.4 is 14.7 Å². The first-order valence-electron chi connectivity index (χ1n) is 17.0. The van der Waals surface area contributed by atoms with Crippen molar-refractivity contribution in [2.75, 3.05) is 40.9 Å². The number of hydrogen-bond donors (Lipinski definition) is 0. The molecule has 0 aromatic heterocycles. The van der Waals surface area contributed by atoms with Crippen LogP contribution in [-0.4, -0.2) is 26.2 Å². The normalized spacial score (nSPS) is 11.0. The summed E-state index contributed by atoms with van der Waals surface area (Å²) in [6, 6.07) is 41.6. The molecule has 0 N–H and O–H groups in total. The molecule has 0 amide bonds. The van der Waals surface area contributed by atoms with E-state index in [0.29, 0.717) is 0 Å². The first-order chi connectivity index (χ1) is 22.4. The van der Waals surface area contributed by atoms with Crippen molar-refractivity contribution in [2.24, 2.45) is 0 Å². The maximum atomic E-state index is 3.84. The minimum absolute atomic E-state index is 0.905. The minimum atomic E-state index is 0.905. The van der Waals surface area contributed by atoms with E-state index in [2.05, 4.69) is 172 Å². The summed E-state index contributed by atoms with van der Waals surface area (Å²) in [6.45, 7) is 21.3. The van der Waals surface area contributed by atoms with Crippen molar-refractivity contribution in [1.82, 2.24) is 0 Å². The van der Waals surface area contributed by atoms with Gasteiger partial charge in [-0.05, 0) is 129 Å². The third-order valence-electron chi connectivity index (χ3n) is 9.24. The van der Waals surface area contributed by atoms with Gasteiger partial charge in [0.1, 0.15) is 0 Å². The lowest BCUT2D eigenvalue weighted by atomic mass is 9.89. The van der Waals surface area contributed by atoms with E-state index in [9.17, 15) is 0 Å². The molecule has 5 rings (SSSR count). The standard InChI is InChI=1S/C43H50N3/c1-8-44(9-2)42-29-37(40-24-22-38(27-32(40)5)45(10-3)30-35-18-14-12-15-19-35)26-34(7)43(42)41-25-23-39(28-33(41)6)46(11-4)31-36-20-16-13-17-21-36/h12-25,27-29H,8-11,30-31H2,1-7H3. The molecule has 0 atom stereocenters. The zero-order chi connectivity index (χ0) is 32.6. The minimum Gasteiger partial charge on any atom is -0.372 e. The van der Waals surface area contributed by atoms with Crippen molar-refractivity contribution in [3.63, 3.8) is 0 Å². The lowest BCUT2D eigenvalue weighted by Crippen LogP contribution is -2.23. The Morgan fingerprint density at radius 3 is 1.39 bits per heavy atom. The number of benzene rings is 5. The smallest absolute Gasteiger partial charge is 0.0455 e. The van der Waals surface area contributed by atoms with E-state index in [1.807, 2.05) is 0 Å². The predicted octanol–water partition coefficient (Wildman–Crippen LogP) is 10.6. The molecule has 0 heterocycles. The molecule has 3 heteroatoms. The molecule has 0 aliphatic carbocycles. The molecule has 0 unspecified atom stereocenters. The first-order valence-corrected chi connectivity index (χ1v) is 17.0. The molecule has 0 aliphatic rings. The van der Waals surface area contributed by atoms with E-state index >= 15 is 0 Å². The molecule has 0 spiro atoms. The Bertz CT molecular complexity index is 1720. The summed E-state index contributed by atoms with van der Waals surface area (Å²) in [5.41, 5.74) is 15.2. The molecular weight excluding hydrogens is 558 g/mol. The number of rotatable bonds is 13. The van der Waals surface area contributed by atoms with Gasteiger partial charge in [0.25, 0.3) is 0 Å². The monoisotopic (exact) mass is 608 g/mol. The van der Waals surface area contributed by atoms with Gasteiger partial charge in [0.15, 0.2) is 0 Å². The fourth-order valence-electron chi connectivity index (χ4n) is 6.65. The van der Waals surface area contributed by atoms with Crippen molar-refractivity contribution in [3.8, 4) is 22.3 Å². The average molecular weight is 609 g/mol. The summed E-state index contributed by atoms with van der Waals surface area (Å²) in [5.74, 6) is 0. The van der Waals surface area contributed by atoms with Gasteiger partial charge in [-0.2, -0.15) is 0 Å². The van der Waals surface area contributed by atoms with Crippen molar-refractivity contribution in [3.05, 3.63) is 137 Å². The van der Waals surface area contributed by atoms with Gasteiger partial charge < -0.3 is 14.7 Å². The van der Waals surface area contributed by atoms with E-state index in [1.165, 1.54) is 61.6 Å². The van der Waals surface area contributed by atoms with E-state index in [1.54, 1.807) is 0 Å². The van der Waals surface area contributed by atoms with Crippen LogP contribution in [-0.2, 0) is 13.1 Å². The van der Waals surface area contributed by atoms with Crippen LogP contribution in [0.4, 0.5) is 17.1 Å². The van der Waals surface area contributed by atoms with Crippen molar-refractivity contribution < 1.29 is 0 Å². The van der Waals surface area contributed by atoms with Gasteiger partial charge in [0.05, 0.1) is 0 Å². The summed E-state index contributed by atoms with van der Waals surface area (Å²) in [5, 5.41) is 0. The van der Waals surface area contributed by atoms with Gasteiger partial charge in [0.2, 0.25) is 0 Å². The third-order valence-corrected chi connectivity index (χ3v) is 9.24. The van der Waals surface area contributed by atoms with Crippen LogP contribution in [0.3, 0.4) is 0 Å². The molecule has 0 saturated heterocycles. The fourth-order valence-corrected chi connectivity index (χ4v) is 6.65. The van der Waals surface area contributed by atoms with Crippen LogP contribution >= 0.6 is 0 Å². The summed E-state index contributed by atoms with van der Waals surface area (Å²) >= 11 is 0. The second-order valence-corrected chi connectivity index (χ2v) is 12.2. The molecule has 0 fully saturated rings. The predicted molar refractivity (Wildman–Crippen MR) is 200 cm³/mol. The highest BCUT2D eigenvalue weighted by atomic mass is 15.1. The molecule has 0 saturated carbocycles. The average Bonchev–Trinajstić information content (AvgIpc) is 3.07. The Kier molecular flexibility index (Phi) is 10.9. The number of aryl methyl sites for hydroxylation is 3. The van der Waals surface area contributed by atoms with Crippen LogP contribution in [0, 0.1) is 26.8 Å². The van der Waals surface area contributed by atoms with Gasteiger partial charge in [-0.15, -0.1) is 0 Å². The second kappa shape index (κ2) is 15.2. The zero-order valence-electron chi connectivity index (χ0n) is 28.9. The quantitative estimate of drug-likeness (QED) is 0.132. The number of nitrogens with zero attached hydrogens (tertiary/aromatic N) is 3. The van der Waals surface area contributed by atoms with Gasteiger partial charge in [0, 0.05) is 61.9 Å². The Labute approximate surface area is 278 Å². The maximum Gasteiger partial charge on any atom is 0.0455 e. The SMILES string of the molecule is CCN(Cc1ccccc1)c1ccc(-c2[c]c(C)c(-c3ccc(N(CC)Cc4ccccc4)cc3C)c(N(CC)CC)c2)c(C)c1. The molecule has 46 heavy (non-hydrogen) atoms. The second-order valence-electron chi connectivity index (χ2n) is 12.2. The Balaban J connectivity index is 1.50. The molecule has 0 bridgehead atoms. The highest BCUT2D eigenvalue weighted by molar-refractivity contribution is 5.88. The summed E-state index contributed by atoms with van der Waals surface area (Å²) < 4.78 is 0. The highest BCUT2D eigenvalue weighted by Crippen LogP contribution is 2.41. The molecule has 0 aliphatic heterocycles. The van der Waals surface area contributed by atoms with Crippen LogP contribution in [0.15, 0.2) is 103 Å². The van der Waals surface area contributed by atoms with Gasteiger partial charge >= 0.3 is 0 Å². The molecule has 237 valence electrons. The van der Waals surface area contributed by atoms with Crippen LogP contribution in [0.5, 0.6) is 0 Å². The topological polar surface area (TPSA) is 9.72 Å². The molecule has 1 radical (unpaired) electrons. The van der Waals surface area contributed by atoms with Crippen molar-refractivity contribution in [2.45, 2.75) is 61.6 Å². The van der Waals surface area contributed by atoms with Crippen LogP contribution in [0.25, 0.3) is 22.3 Å². The molecule has 3 nitrogen and oxygen atoms in total. The fraction of sp³-hybridized carbons (Fsp3) is 0.302. The largest absolute Gasteiger partial charge is 0.372 e.